The van der Waals surface area contributed by atoms with Crippen molar-refractivity contribution in [3.63, 3.8) is 0 Å². The average molecular weight is 348 g/mol. The van der Waals surface area contributed by atoms with E-state index >= 15 is 0 Å². The maximum Gasteiger partial charge on any atom is 0.248 e. The van der Waals surface area contributed by atoms with Crippen LogP contribution in [0.25, 0.3) is 10.9 Å². The summed E-state index contributed by atoms with van der Waals surface area (Å²) in [6.45, 7) is 6.25. The Balaban J connectivity index is 1.79. The van der Waals surface area contributed by atoms with Crippen LogP contribution in [-0.2, 0) is 16.6 Å². The van der Waals surface area contributed by atoms with Gasteiger partial charge < -0.3 is 10.3 Å². The highest BCUT2D eigenvalue weighted by Gasteiger charge is 2.18. The summed E-state index contributed by atoms with van der Waals surface area (Å²) in [5.41, 5.74) is 3.31. The highest BCUT2D eigenvalue weighted by molar-refractivity contribution is 5.94. The average Bonchev–Trinajstić information content (AvgIpc) is 2.59. The van der Waals surface area contributed by atoms with Crippen molar-refractivity contribution in [1.29, 1.82) is 0 Å². The van der Waals surface area contributed by atoms with Crippen molar-refractivity contribution < 1.29 is 4.79 Å². The molecule has 0 atom stereocenters. The minimum Gasteiger partial charge on any atom is -0.326 e. The number of aryl methyl sites for hydroxylation is 1. The van der Waals surface area contributed by atoms with Gasteiger partial charge in [-0.15, -0.1) is 0 Å². The van der Waals surface area contributed by atoms with Crippen LogP contribution >= 0.6 is 0 Å². The molecule has 1 heterocycles. The molecule has 0 unspecified atom stereocenters. The molecule has 4 nitrogen and oxygen atoms in total. The Morgan fingerprint density at radius 2 is 1.77 bits per heavy atom. The van der Waals surface area contributed by atoms with Gasteiger partial charge in [-0.05, 0) is 35.1 Å². The quantitative estimate of drug-likeness (QED) is 0.734. The van der Waals surface area contributed by atoms with Gasteiger partial charge in [-0.2, -0.15) is 0 Å². The molecular formula is C22H24N2O2. The molecule has 0 aliphatic carbocycles. The predicted molar refractivity (Wildman–Crippen MR) is 107 cm³/mol. The van der Waals surface area contributed by atoms with Crippen LogP contribution in [0.4, 0.5) is 5.69 Å². The maximum atomic E-state index is 12.2. The van der Waals surface area contributed by atoms with Gasteiger partial charge in [0, 0.05) is 23.6 Å². The Bertz CT molecular complexity index is 982. The lowest BCUT2D eigenvalue weighted by Crippen LogP contribution is -2.17. The number of carbonyl (C=O) groups excluding carboxylic acids is 1. The van der Waals surface area contributed by atoms with E-state index in [0.29, 0.717) is 18.5 Å². The first-order chi connectivity index (χ1) is 12.3. The fraction of sp³-hybridized carbons (Fsp3) is 0.273. The van der Waals surface area contributed by atoms with Crippen LogP contribution in [-0.4, -0.2) is 10.9 Å². The van der Waals surface area contributed by atoms with E-state index in [-0.39, 0.29) is 16.9 Å². The van der Waals surface area contributed by atoms with Crippen molar-refractivity contribution in [1.82, 2.24) is 4.98 Å². The Morgan fingerprint density at radius 3 is 2.46 bits per heavy atom. The number of nitrogens with one attached hydrogen (secondary N) is 2. The Labute approximate surface area is 153 Å². The predicted octanol–water partition coefficient (Wildman–Crippen LogP) is 4.40. The third-order valence-electron chi connectivity index (χ3n) is 4.42. The molecule has 1 aromatic heterocycles. The summed E-state index contributed by atoms with van der Waals surface area (Å²) >= 11 is 0. The van der Waals surface area contributed by atoms with Crippen molar-refractivity contribution in [2.24, 2.45) is 0 Å². The molecule has 26 heavy (non-hydrogen) atoms. The number of fused-ring (bicyclic) bond motifs is 1. The Kier molecular flexibility index (Phi) is 4.94. The lowest BCUT2D eigenvalue weighted by Gasteiger charge is -2.21. The monoisotopic (exact) mass is 348 g/mol. The van der Waals surface area contributed by atoms with E-state index in [1.807, 2.05) is 48.5 Å². The molecule has 0 saturated heterocycles. The minimum atomic E-state index is -0.132. The van der Waals surface area contributed by atoms with Crippen molar-refractivity contribution in [2.75, 3.05) is 5.32 Å². The summed E-state index contributed by atoms with van der Waals surface area (Å²) in [6.07, 6.45) is 1.12. The zero-order valence-corrected chi connectivity index (χ0v) is 15.4. The van der Waals surface area contributed by atoms with Crippen LogP contribution in [0.15, 0.2) is 59.4 Å². The van der Waals surface area contributed by atoms with Gasteiger partial charge in [0.2, 0.25) is 11.5 Å². The Hall–Kier alpha value is -2.88. The lowest BCUT2D eigenvalue weighted by molar-refractivity contribution is -0.116. The van der Waals surface area contributed by atoms with Crippen LogP contribution in [0.1, 0.15) is 38.3 Å². The molecule has 0 spiro atoms. The molecule has 4 heteroatoms. The van der Waals surface area contributed by atoms with E-state index in [1.54, 1.807) is 6.07 Å². The van der Waals surface area contributed by atoms with Crippen molar-refractivity contribution in [3.8, 4) is 0 Å². The number of aromatic nitrogens is 1. The van der Waals surface area contributed by atoms with Crippen LogP contribution in [0.3, 0.4) is 0 Å². The number of pyridine rings is 1. The number of hydrogen-bond donors (Lipinski definition) is 2. The molecular weight excluding hydrogens is 324 g/mol. The second-order valence-electron chi connectivity index (χ2n) is 7.59. The number of rotatable bonds is 4. The number of anilines is 1. The Morgan fingerprint density at radius 1 is 1.04 bits per heavy atom. The van der Waals surface area contributed by atoms with Gasteiger partial charge in [0.1, 0.15) is 0 Å². The van der Waals surface area contributed by atoms with Crippen LogP contribution in [0.5, 0.6) is 0 Å². The smallest absolute Gasteiger partial charge is 0.248 e. The first-order valence-electron chi connectivity index (χ1n) is 8.84. The second-order valence-corrected chi connectivity index (χ2v) is 7.59. The molecule has 0 fully saturated rings. The van der Waals surface area contributed by atoms with Gasteiger partial charge in [0.25, 0.3) is 0 Å². The highest BCUT2D eigenvalue weighted by atomic mass is 16.1. The molecule has 3 rings (SSSR count). The van der Waals surface area contributed by atoms with E-state index in [0.717, 1.165) is 22.0 Å². The fourth-order valence-electron chi connectivity index (χ4n) is 3.08. The summed E-state index contributed by atoms with van der Waals surface area (Å²) in [7, 11) is 0. The van der Waals surface area contributed by atoms with Gasteiger partial charge in [-0.3, -0.25) is 9.59 Å². The summed E-state index contributed by atoms with van der Waals surface area (Å²) in [4.78, 5) is 27.1. The fourth-order valence-corrected chi connectivity index (χ4v) is 3.08. The number of aromatic amines is 1. The first-order valence-corrected chi connectivity index (χ1v) is 8.84. The standard InChI is InChI=1S/C22H24N2O2/c1-22(2,3)18-14-21(26)24-19-13-16(10-11-17(18)19)23-20(25)12-9-15-7-5-4-6-8-15/h4-8,10-11,13-14H,9,12H2,1-3H3,(H,23,25)(H,24,26). The summed E-state index contributed by atoms with van der Waals surface area (Å²) in [5, 5.41) is 3.92. The van der Waals surface area contributed by atoms with E-state index < -0.39 is 0 Å². The number of benzene rings is 2. The molecule has 3 aromatic rings. The van der Waals surface area contributed by atoms with Gasteiger partial charge in [0.05, 0.1) is 5.52 Å². The third-order valence-corrected chi connectivity index (χ3v) is 4.42. The van der Waals surface area contributed by atoms with Crippen LogP contribution in [0, 0.1) is 0 Å². The minimum absolute atomic E-state index is 0.0393. The molecule has 0 radical (unpaired) electrons. The van der Waals surface area contributed by atoms with Crippen molar-refractivity contribution in [2.45, 2.75) is 39.0 Å². The maximum absolute atomic E-state index is 12.2. The number of hydrogen-bond acceptors (Lipinski definition) is 2. The lowest BCUT2D eigenvalue weighted by atomic mass is 9.85. The van der Waals surface area contributed by atoms with Crippen LogP contribution < -0.4 is 10.9 Å². The van der Waals surface area contributed by atoms with E-state index in [9.17, 15) is 9.59 Å². The number of carbonyl (C=O) groups is 1. The van der Waals surface area contributed by atoms with Gasteiger partial charge in [-0.25, -0.2) is 0 Å². The SMILES string of the molecule is CC(C)(C)c1cc(=O)[nH]c2cc(NC(=O)CCc3ccccc3)ccc12. The third kappa shape index (κ3) is 4.20. The van der Waals surface area contributed by atoms with E-state index in [4.69, 9.17) is 0 Å². The molecule has 0 aliphatic heterocycles. The zero-order chi connectivity index (χ0) is 18.7. The first kappa shape index (κ1) is 17.9. The van der Waals surface area contributed by atoms with Gasteiger partial charge >= 0.3 is 0 Å². The van der Waals surface area contributed by atoms with E-state index in [1.165, 1.54) is 0 Å². The molecule has 2 aromatic carbocycles. The van der Waals surface area contributed by atoms with Crippen molar-refractivity contribution >= 4 is 22.5 Å². The summed E-state index contributed by atoms with van der Waals surface area (Å²) < 4.78 is 0. The van der Waals surface area contributed by atoms with Crippen molar-refractivity contribution in [3.05, 3.63) is 76.1 Å². The highest BCUT2D eigenvalue weighted by Crippen LogP contribution is 2.29. The normalized spacial score (nSPS) is 11.5. The van der Waals surface area contributed by atoms with Gasteiger partial charge in [0.15, 0.2) is 0 Å². The number of amides is 1. The molecule has 2 N–H and O–H groups in total. The molecule has 0 bridgehead atoms. The zero-order valence-electron chi connectivity index (χ0n) is 15.4. The molecule has 0 saturated carbocycles. The largest absolute Gasteiger partial charge is 0.326 e. The number of H-pyrrole nitrogens is 1. The molecule has 134 valence electrons. The topological polar surface area (TPSA) is 62.0 Å². The second kappa shape index (κ2) is 7.16. The summed E-state index contributed by atoms with van der Waals surface area (Å²) in [6, 6.07) is 17.3. The molecule has 0 aliphatic rings. The van der Waals surface area contributed by atoms with Crippen LogP contribution in [0.2, 0.25) is 0 Å². The molecule has 1 amide bonds. The van der Waals surface area contributed by atoms with E-state index in [2.05, 4.69) is 31.1 Å². The van der Waals surface area contributed by atoms with Gasteiger partial charge in [-0.1, -0.05) is 57.2 Å². The summed E-state index contributed by atoms with van der Waals surface area (Å²) in [5.74, 6) is -0.0393.